The molecule has 0 saturated carbocycles. The molecule has 1 aromatic carbocycles. The van der Waals surface area contributed by atoms with Gasteiger partial charge in [0.05, 0.1) is 23.4 Å². The van der Waals surface area contributed by atoms with E-state index in [0.717, 1.165) is 44.9 Å². The Morgan fingerprint density at radius 3 is 2.92 bits per heavy atom. The van der Waals surface area contributed by atoms with E-state index in [9.17, 15) is 0 Å². The molecule has 4 heterocycles. The van der Waals surface area contributed by atoms with Crippen LogP contribution in [0.2, 0.25) is 0 Å². The number of ether oxygens (including phenoxy) is 1. The molecule has 2 aliphatic rings. The number of anilines is 1. The summed E-state index contributed by atoms with van der Waals surface area (Å²) in [6.45, 7) is 5.67. The maximum atomic E-state index is 5.50. The molecular formula is C21H23N3OS. The van der Waals surface area contributed by atoms with Gasteiger partial charge in [-0.2, -0.15) is 0 Å². The highest BCUT2D eigenvalue weighted by Gasteiger charge is 2.26. The van der Waals surface area contributed by atoms with Crippen LogP contribution < -0.4 is 4.90 Å². The van der Waals surface area contributed by atoms with Crippen LogP contribution in [-0.2, 0) is 11.3 Å². The fourth-order valence-corrected chi connectivity index (χ4v) is 4.98. The lowest BCUT2D eigenvalue weighted by Crippen LogP contribution is -2.36. The molecule has 1 saturated heterocycles. The normalized spacial score (nSPS) is 21.1. The van der Waals surface area contributed by atoms with Crippen LogP contribution in [0.25, 0.3) is 10.2 Å². The van der Waals surface area contributed by atoms with Gasteiger partial charge in [-0.25, -0.2) is 0 Å². The Labute approximate surface area is 158 Å². The monoisotopic (exact) mass is 365 g/mol. The number of likely N-dealkylation sites (N-methyl/N-ethyl adjacent to an activating group) is 1. The second-order valence-corrected chi connectivity index (χ2v) is 8.25. The van der Waals surface area contributed by atoms with Gasteiger partial charge in [0, 0.05) is 44.0 Å². The lowest BCUT2D eigenvalue weighted by atomic mass is 9.85. The fourth-order valence-electron chi connectivity index (χ4n) is 4.19. The number of fused-ring (bicyclic) bond motifs is 2. The molecule has 3 aromatic rings. The molecule has 4 nitrogen and oxygen atoms in total. The maximum absolute atomic E-state index is 5.50. The van der Waals surface area contributed by atoms with Crippen molar-refractivity contribution < 1.29 is 4.74 Å². The molecule has 5 rings (SSSR count). The molecule has 1 unspecified atom stereocenters. The molecule has 2 aliphatic heterocycles. The number of nitrogens with zero attached hydrogens (tertiary/aromatic N) is 3. The van der Waals surface area contributed by atoms with Gasteiger partial charge in [-0.15, -0.1) is 11.3 Å². The van der Waals surface area contributed by atoms with E-state index in [4.69, 9.17) is 4.74 Å². The van der Waals surface area contributed by atoms with Gasteiger partial charge in [-0.1, -0.05) is 6.07 Å². The molecule has 0 N–H and O–H groups in total. The summed E-state index contributed by atoms with van der Waals surface area (Å²) >= 11 is 1.77. The smallest absolute Gasteiger partial charge is 0.0809 e. The summed E-state index contributed by atoms with van der Waals surface area (Å²) in [6, 6.07) is 11.5. The van der Waals surface area contributed by atoms with Crippen LogP contribution in [0.1, 0.15) is 22.6 Å². The molecule has 0 amide bonds. The first kappa shape index (κ1) is 16.2. The Morgan fingerprint density at radius 2 is 2.04 bits per heavy atom. The third-order valence-electron chi connectivity index (χ3n) is 5.54. The molecule has 0 spiro atoms. The largest absolute Gasteiger partial charge is 0.378 e. The Morgan fingerprint density at radius 1 is 1.15 bits per heavy atom. The van der Waals surface area contributed by atoms with Crippen molar-refractivity contribution >= 4 is 27.2 Å². The number of hydrogen-bond acceptors (Lipinski definition) is 5. The lowest BCUT2D eigenvalue weighted by molar-refractivity contribution is 0.122. The summed E-state index contributed by atoms with van der Waals surface area (Å²) < 4.78 is 6.78. The number of rotatable bonds is 2. The first-order valence-corrected chi connectivity index (χ1v) is 10.1. The van der Waals surface area contributed by atoms with Crippen molar-refractivity contribution in [2.45, 2.75) is 12.5 Å². The third kappa shape index (κ3) is 2.90. The number of aromatic nitrogens is 1. The lowest BCUT2D eigenvalue weighted by Gasteiger charge is -2.35. The van der Waals surface area contributed by atoms with E-state index < -0.39 is 0 Å². The molecular weight excluding hydrogens is 342 g/mol. The second kappa shape index (κ2) is 6.65. The van der Waals surface area contributed by atoms with E-state index in [-0.39, 0.29) is 0 Å². The zero-order valence-electron chi connectivity index (χ0n) is 15.0. The van der Waals surface area contributed by atoms with Gasteiger partial charge >= 0.3 is 0 Å². The SMILES string of the molecule is CN1Cc2cc(N3CCOCC3)ccc2C(c2cnc3ccsc3c2)C1. The van der Waals surface area contributed by atoms with Crippen molar-refractivity contribution in [2.75, 3.05) is 44.8 Å². The zero-order chi connectivity index (χ0) is 17.5. The highest BCUT2D eigenvalue weighted by molar-refractivity contribution is 7.17. The summed E-state index contributed by atoms with van der Waals surface area (Å²) in [5.41, 5.74) is 6.66. The minimum atomic E-state index is 0.390. The topological polar surface area (TPSA) is 28.6 Å². The van der Waals surface area contributed by atoms with E-state index in [1.807, 2.05) is 0 Å². The minimum Gasteiger partial charge on any atom is -0.378 e. The van der Waals surface area contributed by atoms with Gasteiger partial charge in [0.15, 0.2) is 0 Å². The van der Waals surface area contributed by atoms with E-state index in [1.54, 1.807) is 11.3 Å². The molecule has 5 heteroatoms. The van der Waals surface area contributed by atoms with Gasteiger partial charge < -0.3 is 14.5 Å². The van der Waals surface area contributed by atoms with E-state index in [0.29, 0.717) is 5.92 Å². The van der Waals surface area contributed by atoms with Crippen molar-refractivity contribution in [1.82, 2.24) is 9.88 Å². The van der Waals surface area contributed by atoms with E-state index >= 15 is 0 Å². The average Bonchev–Trinajstić information content (AvgIpc) is 3.15. The average molecular weight is 366 g/mol. The quantitative estimate of drug-likeness (QED) is 0.692. The van der Waals surface area contributed by atoms with Crippen molar-refractivity contribution in [3.05, 3.63) is 58.6 Å². The number of pyridine rings is 1. The Balaban J connectivity index is 1.52. The van der Waals surface area contributed by atoms with E-state index in [2.05, 4.69) is 63.7 Å². The van der Waals surface area contributed by atoms with Gasteiger partial charge in [0.25, 0.3) is 0 Å². The predicted octanol–water partition coefficient (Wildman–Crippen LogP) is 3.71. The summed E-state index contributed by atoms with van der Waals surface area (Å²) in [4.78, 5) is 9.54. The van der Waals surface area contributed by atoms with Crippen molar-refractivity contribution in [1.29, 1.82) is 0 Å². The molecule has 0 bridgehead atoms. The maximum Gasteiger partial charge on any atom is 0.0809 e. The van der Waals surface area contributed by atoms with Crippen LogP contribution in [0.3, 0.4) is 0 Å². The molecule has 0 aliphatic carbocycles. The van der Waals surface area contributed by atoms with Crippen LogP contribution in [-0.4, -0.2) is 49.8 Å². The third-order valence-corrected chi connectivity index (χ3v) is 6.39. The Bertz CT molecular complexity index is 932. The molecule has 2 aromatic heterocycles. The summed E-state index contributed by atoms with van der Waals surface area (Å²) in [5, 5.41) is 2.12. The highest BCUT2D eigenvalue weighted by Crippen LogP contribution is 2.36. The van der Waals surface area contributed by atoms with Crippen LogP contribution in [0, 0.1) is 0 Å². The van der Waals surface area contributed by atoms with E-state index in [1.165, 1.54) is 27.1 Å². The zero-order valence-corrected chi connectivity index (χ0v) is 15.8. The standard InChI is InChI=1S/C21H23N3OS/c1-23-13-16-10-17(24-5-7-25-8-6-24)2-3-18(16)19(14-23)15-11-21-20(22-12-15)4-9-26-21/h2-4,9-12,19H,5-8,13-14H2,1H3. The van der Waals surface area contributed by atoms with Gasteiger partial charge in [0.1, 0.15) is 0 Å². The fraction of sp³-hybridized carbons (Fsp3) is 0.381. The number of hydrogen-bond donors (Lipinski definition) is 0. The molecule has 1 atom stereocenters. The number of morpholine rings is 1. The first-order chi connectivity index (χ1) is 12.8. The minimum absolute atomic E-state index is 0.390. The van der Waals surface area contributed by atoms with Gasteiger partial charge in [0.2, 0.25) is 0 Å². The Kier molecular flexibility index (Phi) is 4.15. The molecule has 1 fully saturated rings. The van der Waals surface area contributed by atoms with Crippen LogP contribution >= 0.6 is 11.3 Å². The number of thiophene rings is 1. The first-order valence-electron chi connectivity index (χ1n) is 9.25. The van der Waals surface area contributed by atoms with Gasteiger partial charge in [-0.05, 0) is 53.4 Å². The predicted molar refractivity (Wildman–Crippen MR) is 107 cm³/mol. The second-order valence-electron chi connectivity index (χ2n) is 7.30. The summed E-state index contributed by atoms with van der Waals surface area (Å²) in [6.07, 6.45) is 2.07. The van der Waals surface area contributed by atoms with Crippen LogP contribution in [0.4, 0.5) is 5.69 Å². The van der Waals surface area contributed by atoms with Crippen LogP contribution in [0.5, 0.6) is 0 Å². The summed E-state index contributed by atoms with van der Waals surface area (Å²) in [5.74, 6) is 0.390. The van der Waals surface area contributed by atoms with Crippen molar-refractivity contribution in [3.63, 3.8) is 0 Å². The van der Waals surface area contributed by atoms with Crippen molar-refractivity contribution in [2.24, 2.45) is 0 Å². The van der Waals surface area contributed by atoms with Crippen molar-refractivity contribution in [3.8, 4) is 0 Å². The Hall–Kier alpha value is -1.95. The number of benzene rings is 1. The van der Waals surface area contributed by atoms with Gasteiger partial charge in [-0.3, -0.25) is 4.98 Å². The van der Waals surface area contributed by atoms with Crippen LogP contribution in [0.15, 0.2) is 41.9 Å². The summed E-state index contributed by atoms with van der Waals surface area (Å²) in [7, 11) is 2.22. The molecule has 26 heavy (non-hydrogen) atoms. The molecule has 134 valence electrons. The molecule has 0 radical (unpaired) electrons. The highest BCUT2D eigenvalue weighted by atomic mass is 32.1.